The summed E-state index contributed by atoms with van der Waals surface area (Å²) in [5.74, 6) is 0.184. The monoisotopic (exact) mass is 494 g/mol. The fraction of sp³-hybridized carbons (Fsp3) is 0.0909. The van der Waals surface area contributed by atoms with E-state index < -0.39 is 0 Å². The van der Waals surface area contributed by atoms with Crippen LogP contribution in [0.5, 0.6) is 5.75 Å². The van der Waals surface area contributed by atoms with Crippen molar-refractivity contribution in [3.05, 3.63) is 81.3 Å². The molecule has 3 rings (SSSR count). The summed E-state index contributed by atoms with van der Waals surface area (Å²) in [6.07, 6.45) is 0. The van der Waals surface area contributed by atoms with Crippen molar-refractivity contribution in [1.29, 1.82) is 0 Å². The van der Waals surface area contributed by atoms with E-state index in [4.69, 9.17) is 39.5 Å². The first-order valence-corrected chi connectivity index (χ1v) is 11.1. The van der Waals surface area contributed by atoms with Crippen molar-refractivity contribution in [2.75, 3.05) is 23.5 Å². The minimum Gasteiger partial charge on any atom is -0.495 e. The number of anilines is 2. The summed E-state index contributed by atoms with van der Waals surface area (Å²) in [6.45, 7) is 0. The number of hydrogen-bond donors (Lipinski definition) is 2. The number of methoxy groups -OCH3 is 1. The van der Waals surface area contributed by atoms with Gasteiger partial charge in [-0.2, -0.15) is 0 Å². The molecule has 9 heteroatoms. The molecule has 0 heterocycles. The lowest BCUT2D eigenvalue weighted by Crippen LogP contribution is -2.14. The van der Waals surface area contributed by atoms with E-state index in [1.165, 1.54) is 24.9 Å². The molecule has 0 spiro atoms. The molecular weight excluding hydrogens is 479 g/mol. The van der Waals surface area contributed by atoms with Gasteiger partial charge in [-0.3, -0.25) is 9.59 Å². The summed E-state index contributed by atoms with van der Waals surface area (Å²) >= 11 is 19.4. The average molecular weight is 496 g/mol. The number of thioether (sulfide) groups is 1. The fourth-order valence-electron chi connectivity index (χ4n) is 2.63. The standard InChI is InChI=1S/C22H17Cl3N2O3S/c1-30-20-8-6-15(11-19(20)25)26-21(28)12-31-16-4-2-3-14(10-16)27-22(29)17-7-5-13(23)9-18(17)24/h2-11H,12H2,1H3,(H,26,28)(H,27,29). The number of benzene rings is 3. The zero-order valence-electron chi connectivity index (χ0n) is 16.2. The summed E-state index contributed by atoms with van der Waals surface area (Å²) in [6, 6.07) is 16.9. The Balaban J connectivity index is 1.58. The van der Waals surface area contributed by atoms with E-state index in [9.17, 15) is 9.59 Å². The van der Waals surface area contributed by atoms with Crippen molar-refractivity contribution in [1.82, 2.24) is 0 Å². The van der Waals surface area contributed by atoms with Crippen molar-refractivity contribution >= 4 is 69.8 Å². The zero-order valence-corrected chi connectivity index (χ0v) is 19.3. The summed E-state index contributed by atoms with van der Waals surface area (Å²) < 4.78 is 5.10. The Labute approximate surface area is 199 Å². The minimum atomic E-state index is -0.349. The van der Waals surface area contributed by atoms with Crippen LogP contribution in [-0.2, 0) is 4.79 Å². The molecule has 0 bridgehead atoms. The number of amides is 2. The lowest BCUT2D eigenvalue weighted by Gasteiger charge is -2.10. The highest BCUT2D eigenvalue weighted by molar-refractivity contribution is 8.00. The predicted octanol–water partition coefficient (Wildman–Crippen LogP) is 6.64. The molecule has 0 fully saturated rings. The summed E-state index contributed by atoms with van der Waals surface area (Å²) in [4.78, 5) is 25.6. The molecule has 0 aliphatic heterocycles. The highest BCUT2D eigenvalue weighted by Crippen LogP contribution is 2.28. The maximum absolute atomic E-state index is 12.5. The van der Waals surface area contributed by atoms with Gasteiger partial charge in [-0.05, 0) is 54.6 Å². The molecule has 0 saturated carbocycles. The van der Waals surface area contributed by atoms with E-state index in [-0.39, 0.29) is 22.6 Å². The van der Waals surface area contributed by atoms with Crippen molar-refractivity contribution in [3.8, 4) is 5.75 Å². The highest BCUT2D eigenvalue weighted by Gasteiger charge is 2.12. The van der Waals surface area contributed by atoms with Crippen molar-refractivity contribution < 1.29 is 14.3 Å². The number of nitrogens with one attached hydrogen (secondary N) is 2. The fourth-order valence-corrected chi connectivity index (χ4v) is 4.13. The van der Waals surface area contributed by atoms with Gasteiger partial charge in [0.2, 0.25) is 5.91 Å². The Morgan fingerprint density at radius 2 is 1.68 bits per heavy atom. The number of hydrogen-bond acceptors (Lipinski definition) is 4. The normalized spacial score (nSPS) is 10.5. The molecule has 0 aliphatic carbocycles. The SMILES string of the molecule is COc1ccc(NC(=O)CSc2cccc(NC(=O)c3ccc(Cl)cc3Cl)c2)cc1Cl. The molecule has 2 N–H and O–H groups in total. The summed E-state index contributed by atoms with van der Waals surface area (Å²) in [5, 5.41) is 6.72. The van der Waals surface area contributed by atoms with Crippen molar-refractivity contribution in [3.63, 3.8) is 0 Å². The topological polar surface area (TPSA) is 67.4 Å². The maximum Gasteiger partial charge on any atom is 0.257 e. The Hall–Kier alpha value is -2.38. The van der Waals surface area contributed by atoms with Crippen LogP contribution >= 0.6 is 46.6 Å². The van der Waals surface area contributed by atoms with E-state index in [2.05, 4.69) is 10.6 Å². The van der Waals surface area contributed by atoms with Crippen LogP contribution < -0.4 is 15.4 Å². The third-order valence-electron chi connectivity index (χ3n) is 4.07. The van der Waals surface area contributed by atoms with Crippen LogP contribution in [0.25, 0.3) is 0 Å². The Morgan fingerprint density at radius 1 is 0.903 bits per heavy atom. The third-order valence-corrected chi connectivity index (χ3v) is 5.91. The van der Waals surface area contributed by atoms with Crippen LogP contribution in [0.2, 0.25) is 15.1 Å². The molecule has 160 valence electrons. The lowest BCUT2D eigenvalue weighted by atomic mass is 10.2. The Morgan fingerprint density at radius 3 is 2.39 bits per heavy atom. The second kappa shape index (κ2) is 10.8. The van der Waals surface area contributed by atoms with E-state index in [0.29, 0.717) is 32.7 Å². The first-order valence-electron chi connectivity index (χ1n) is 8.98. The molecular formula is C22H17Cl3N2O3S. The molecule has 3 aromatic rings. The van der Waals surface area contributed by atoms with Gasteiger partial charge in [0, 0.05) is 21.3 Å². The minimum absolute atomic E-state index is 0.185. The second-order valence-electron chi connectivity index (χ2n) is 6.29. The first kappa shape index (κ1) is 23.3. The first-order chi connectivity index (χ1) is 14.9. The summed E-state index contributed by atoms with van der Waals surface area (Å²) in [7, 11) is 1.52. The maximum atomic E-state index is 12.5. The van der Waals surface area contributed by atoms with Gasteiger partial charge in [-0.25, -0.2) is 0 Å². The van der Waals surface area contributed by atoms with E-state index in [0.717, 1.165) is 4.90 Å². The van der Waals surface area contributed by atoms with Gasteiger partial charge < -0.3 is 15.4 Å². The van der Waals surface area contributed by atoms with Crippen LogP contribution in [0.3, 0.4) is 0 Å². The van der Waals surface area contributed by atoms with Gasteiger partial charge >= 0.3 is 0 Å². The van der Waals surface area contributed by atoms with E-state index in [1.807, 2.05) is 6.07 Å². The molecule has 0 radical (unpaired) electrons. The number of carbonyl (C=O) groups excluding carboxylic acids is 2. The molecule has 0 aromatic heterocycles. The number of rotatable bonds is 7. The summed E-state index contributed by atoms with van der Waals surface area (Å²) in [5.41, 5.74) is 1.49. The lowest BCUT2D eigenvalue weighted by molar-refractivity contribution is -0.113. The molecule has 0 unspecified atom stereocenters. The zero-order chi connectivity index (χ0) is 22.4. The number of carbonyl (C=O) groups is 2. The van der Waals surface area contributed by atoms with E-state index >= 15 is 0 Å². The largest absolute Gasteiger partial charge is 0.495 e. The van der Waals surface area contributed by atoms with Gasteiger partial charge in [0.05, 0.1) is 28.5 Å². The van der Waals surface area contributed by atoms with Gasteiger partial charge in [0.25, 0.3) is 5.91 Å². The van der Waals surface area contributed by atoms with Crippen LogP contribution in [-0.4, -0.2) is 24.7 Å². The molecule has 0 aliphatic rings. The molecule has 0 saturated heterocycles. The Bertz CT molecular complexity index is 1120. The quantitative estimate of drug-likeness (QED) is 0.361. The van der Waals surface area contributed by atoms with Crippen LogP contribution in [0.1, 0.15) is 10.4 Å². The van der Waals surface area contributed by atoms with Crippen LogP contribution in [0.4, 0.5) is 11.4 Å². The smallest absolute Gasteiger partial charge is 0.257 e. The van der Waals surface area contributed by atoms with Gasteiger partial charge in [0.1, 0.15) is 5.75 Å². The van der Waals surface area contributed by atoms with Crippen molar-refractivity contribution in [2.45, 2.75) is 4.90 Å². The van der Waals surface area contributed by atoms with Crippen molar-refractivity contribution in [2.24, 2.45) is 0 Å². The second-order valence-corrected chi connectivity index (χ2v) is 8.59. The average Bonchev–Trinajstić information content (AvgIpc) is 2.72. The molecule has 2 amide bonds. The Kier molecular flexibility index (Phi) is 8.09. The van der Waals surface area contributed by atoms with Crippen LogP contribution in [0, 0.1) is 0 Å². The van der Waals surface area contributed by atoms with Gasteiger partial charge in [0.15, 0.2) is 0 Å². The predicted molar refractivity (Wildman–Crippen MR) is 128 cm³/mol. The number of halogens is 3. The van der Waals surface area contributed by atoms with Gasteiger partial charge in [-0.1, -0.05) is 40.9 Å². The highest BCUT2D eigenvalue weighted by atomic mass is 35.5. The van der Waals surface area contributed by atoms with Crippen LogP contribution in [0.15, 0.2) is 65.6 Å². The van der Waals surface area contributed by atoms with E-state index in [1.54, 1.807) is 48.5 Å². The number of ether oxygens (including phenoxy) is 1. The third kappa shape index (κ3) is 6.55. The molecule has 31 heavy (non-hydrogen) atoms. The van der Waals surface area contributed by atoms with Gasteiger partial charge in [-0.15, -0.1) is 11.8 Å². The molecule has 3 aromatic carbocycles. The molecule has 5 nitrogen and oxygen atoms in total. The molecule has 0 atom stereocenters.